The first-order chi connectivity index (χ1) is 9.33. The van der Waals surface area contributed by atoms with Gasteiger partial charge in [0.15, 0.2) is 0 Å². The van der Waals surface area contributed by atoms with Gasteiger partial charge in [0.1, 0.15) is 12.4 Å². The molecule has 20 heavy (non-hydrogen) atoms. The summed E-state index contributed by atoms with van der Waals surface area (Å²) in [5.74, 6) is 0.160. The Kier molecular flexibility index (Phi) is 4.17. The topological polar surface area (TPSA) is 67.4 Å². The van der Waals surface area contributed by atoms with Crippen molar-refractivity contribution in [1.29, 1.82) is 0 Å². The van der Waals surface area contributed by atoms with Gasteiger partial charge >= 0.3 is 6.18 Å². The number of aromatic nitrogens is 2. The second-order valence-electron chi connectivity index (χ2n) is 4.71. The second-order valence-corrected chi connectivity index (χ2v) is 4.71. The van der Waals surface area contributed by atoms with E-state index in [2.05, 4.69) is 5.10 Å². The first-order valence-corrected chi connectivity index (χ1v) is 6.19. The fraction of sp³-hybridized carbons (Fsp3) is 0.636. The van der Waals surface area contributed by atoms with Crippen LogP contribution in [-0.4, -0.2) is 64.4 Å². The number of nitrogen functional groups attached to an aromatic ring is 1. The monoisotopic (exact) mass is 291 g/mol. The molecule has 1 aliphatic rings. The van der Waals surface area contributed by atoms with Crippen LogP contribution in [0.4, 0.5) is 19.0 Å². The van der Waals surface area contributed by atoms with Crippen molar-refractivity contribution in [3.8, 4) is 0 Å². The fourth-order valence-electron chi connectivity index (χ4n) is 2.11. The molecule has 6 nitrogen and oxygen atoms in total. The van der Waals surface area contributed by atoms with E-state index in [0.717, 1.165) is 0 Å². The lowest BCUT2D eigenvalue weighted by atomic mass is 10.3. The largest absolute Gasteiger partial charge is 0.401 e. The summed E-state index contributed by atoms with van der Waals surface area (Å²) in [4.78, 5) is 14.8. The Morgan fingerprint density at radius 2 is 1.95 bits per heavy atom. The molecule has 1 aliphatic heterocycles. The molecule has 0 aromatic carbocycles. The minimum absolute atomic E-state index is 0.0521. The van der Waals surface area contributed by atoms with Crippen molar-refractivity contribution in [2.75, 3.05) is 38.5 Å². The Hall–Kier alpha value is -1.77. The van der Waals surface area contributed by atoms with E-state index in [1.807, 2.05) is 0 Å². The number of nitrogens with zero attached hydrogens (tertiary/aromatic N) is 4. The SMILES string of the molecule is Nc1ccn(CC(=O)N2CCN(CC(F)(F)F)CC2)n1. The van der Waals surface area contributed by atoms with Gasteiger partial charge in [-0.1, -0.05) is 0 Å². The summed E-state index contributed by atoms with van der Waals surface area (Å²) in [5, 5.41) is 3.90. The lowest BCUT2D eigenvalue weighted by molar-refractivity contribution is -0.151. The van der Waals surface area contributed by atoms with Crippen LogP contribution in [0.25, 0.3) is 0 Å². The van der Waals surface area contributed by atoms with Gasteiger partial charge in [-0.2, -0.15) is 18.3 Å². The highest BCUT2D eigenvalue weighted by Gasteiger charge is 2.32. The maximum Gasteiger partial charge on any atom is 0.401 e. The third kappa shape index (κ3) is 4.12. The van der Waals surface area contributed by atoms with Crippen LogP contribution < -0.4 is 5.73 Å². The highest BCUT2D eigenvalue weighted by Crippen LogP contribution is 2.17. The normalized spacial score (nSPS) is 17.4. The molecule has 0 unspecified atom stereocenters. The maximum absolute atomic E-state index is 12.2. The van der Waals surface area contributed by atoms with Gasteiger partial charge in [0.25, 0.3) is 0 Å². The Labute approximate surface area is 113 Å². The average Bonchev–Trinajstić information content (AvgIpc) is 2.73. The highest BCUT2D eigenvalue weighted by atomic mass is 19.4. The van der Waals surface area contributed by atoms with Gasteiger partial charge in [0.2, 0.25) is 5.91 Å². The van der Waals surface area contributed by atoms with Gasteiger partial charge in [-0.05, 0) is 6.07 Å². The number of amides is 1. The molecule has 2 heterocycles. The van der Waals surface area contributed by atoms with E-state index in [4.69, 9.17) is 5.73 Å². The predicted molar refractivity (Wildman–Crippen MR) is 65.7 cm³/mol. The summed E-state index contributed by atoms with van der Waals surface area (Å²) in [6.07, 6.45) is -2.61. The molecule has 1 aromatic heterocycles. The van der Waals surface area contributed by atoms with Crippen molar-refractivity contribution < 1.29 is 18.0 Å². The molecule has 9 heteroatoms. The molecule has 1 aromatic rings. The molecule has 2 rings (SSSR count). The lowest BCUT2D eigenvalue weighted by Crippen LogP contribution is -2.51. The molecule has 1 fully saturated rings. The first-order valence-electron chi connectivity index (χ1n) is 6.19. The first kappa shape index (κ1) is 14.6. The highest BCUT2D eigenvalue weighted by molar-refractivity contribution is 5.76. The predicted octanol–water partition coefficient (Wildman–Crippen LogP) is 0.172. The maximum atomic E-state index is 12.2. The van der Waals surface area contributed by atoms with E-state index < -0.39 is 12.7 Å². The van der Waals surface area contributed by atoms with Crippen molar-refractivity contribution in [3.05, 3.63) is 12.3 Å². The van der Waals surface area contributed by atoms with Gasteiger partial charge in [0, 0.05) is 32.4 Å². The Morgan fingerprint density at radius 1 is 1.30 bits per heavy atom. The Morgan fingerprint density at radius 3 is 2.45 bits per heavy atom. The van der Waals surface area contributed by atoms with Crippen LogP contribution in [0.5, 0.6) is 0 Å². The molecule has 1 amide bonds. The van der Waals surface area contributed by atoms with Crippen LogP contribution >= 0.6 is 0 Å². The van der Waals surface area contributed by atoms with E-state index in [1.54, 1.807) is 17.2 Å². The average molecular weight is 291 g/mol. The number of alkyl halides is 3. The molecule has 0 aliphatic carbocycles. The van der Waals surface area contributed by atoms with Gasteiger partial charge in [-0.15, -0.1) is 0 Å². The minimum Gasteiger partial charge on any atom is -0.382 e. The van der Waals surface area contributed by atoms with E-state index in [0.29, 0.717) is 18.9 Å². The van der Waals surface area contributed by atoms with Crippen LogP contribution in [0, 0.1) is 0 Å². The van der Waals surface area contributed by atoms with Gasteiger partial charge in [-0.25, -0.2) is 0 Å². The summed E-state index contributed by atoms with van der Waals surface area (Å²) < 4.78 is 38.1. The van der Waals surface area contributed by atoms with Crippen molar-refractivity contribution >= 4 is 11.7 Å². The summed E-state index contributed by atoms with van der Waals surface area (Å²) in [5.41, 5.74) is 5.44. The van der Waals surface area contributed by atoms with Crippen molar-refractivity contribution in [2.24, 2.45) is 0 Å². The quantitative estimate of drug-likeness (QED) is 0.862. The summed E-state index contributed by atoms with van der Waals surface area (Å²) in [6, 6.07) is 1.58. The number of hydrogen-bond donors (Lipinski definition) is 1. The van der Waals surface area contributed by atoms with Crippen molar-refractivity contribution in [3.63, 3.8) is 0 Å². The number of rotatable bonds is 3. The molecular weight excluding hydrogens is 275 g/mol. The number of nitrogens with two attached hydrogens (primary N) is 1. The van der Waals surface area contributed by atoms with Gasteiger partial charge in [-0.3, -0.25) is 14.4 Å². The van der Waals surface area contributed by atoms with Crippen LogP contribution in [-0.2, 0) is 11.3 Å². The summed E-state index contributed by atoms with van der Waals surface area (Å²) >= 11 is 0. The zero-order chi connectivity index (χ0) is 14.8. The van der Waals surface area contributed by atoms with E-state index >= 15 is 0 Å². The molecule has 0 saturated carbocycles. The molecule has 0 atom stereocenters. The summed E-state index contributed by atoms with van der Waals surface area (Å²) in [7, 11) is 0. The number of carbonyl (C=O) groups is 1. The number of anilines is 1. The van der Waals surface area contributed by atoms with Crippen LogP contribution in [0.2, 0.25) is 0 Å². The fourth-order valence-corrected chi connectivity index (χ4v) is 2.11. The van der Waals surface area contributed by atoms with Crippen LogP contribution in [0.15, 0.2) is 12.3 Å². The minimum atomic E-state index is -4.20. The zero-order valence-electron chi connectivity index (χ0n) is 10.8. The Balaban J connectivity index is 1.80. The van der Waals surface area contributed by atoms with Crippen LogP contribution in [0.1, 0.15) is 0 Å². The number of piperazine rings is 1. The second kappa shape index (κ2) is 5.70. The number of carbonyl (C=O) groups excluding carboxylic acids is 1. The van der Waals surface area contributed by atoms with E-state index in [1.165, 1.54) is 9.58 Å². The van der Waals surface area contributed by atoms with Crippen molar-refractivity contribution in [1.82, 2.24) is 19.6 Å². The molecule has 0 bridgehead atoms. The molecule has 0 radical (unpaired) electrons. The third-order valence-corrected chi connectivity index (χ3v) is 3.09. The van der Waals surface area contributed by atoms with Crippen molar-refractivity contribution in [2.45, 2.75) is 12.7 Å². The Bertz CT molecular complexity index is 465. The van der Waals surface area contributed by atoms with Gasteiger partial charge < -0.3 is 10.6 Å². The third-order valence-electron chi connectivity index (χ3n) is 3.09. The number of hydrogen-bond acceptors (Lipinski definition) is 4. The molecule has 112 valence electrons. The summed E-state index contributed by atoms with van der Waals surface area (Å²) in [6.45, 7) is 0.178. The van der Waals surface area contributed by atoms with Crippen LogP contribution in [0.3, 0.4) is 0 Å². The van der Waals surface area contributed by atoms with Gasteiger partial charge in [0.05, 0.1) is 6.54 Å². The molecule has 2 N–H and O–H groups in total. The standard InChI is InChI=1S/C11H16F3N5O/c12-11(13,14)8-17-3-5-18(6-4-17)10(20)7-19-2-1-9(15)16-19/h1-2H,3-8H2,(H2,15,16). The smallest absolute Gasteiger partial charge is 0.382 e. The molecule has 0 spiro atoms. The molecular formula is C11H16F3N5O. The number of halogens is 3. The molecule has 1 saturated heterocycles. The van der Waals surface area contributed by atoms with E-state index in [-0.39, 0.29) is 25.5 Å². The zero-order valence-corrected chi connectivity index (χ0v) is 10.8. The van der Waals surface area contributed by atoms with E-state index in [9.17, 15) is 18.0 Å². The lowest BCUT2D eigenvalue weighted by Gasteiger charge is -2.34.